The predicted octanol–water partition coefficient (Wildman–Crippen LogP) is 2.40. The second kappa shape index (κ2) is 7.18. The fourth-order valence-electron chi connectivity index (χ4n) is 3.24. The third kappa shape index (κ3) is 3.67. The Kier molecular flexibility index (Phi) is 5.00. The van der Waals surface area contributed by atoms with Crippen LogP contribution in [0, 0.1) is 5.92 Å². The van der Waals surface area contributed by atoms with Gasteiger partial charge in [-0.05, 0) is 29.7 Å². The van der Waals surface area contributed by atoms with Gasteiger partial charge in [-0.25, -0.2) is 0 Å². The van der Waals surface area contributed by atoms with Gasteiger partial charge in [0.2, 0.25) is 0 Å². The zero-order chi connectivity index (χ0) is 17.1. The van der Waals surface area contributed by atoms with Crippen LogP contribution in [0.2, 0.25) is 0 Å². The molecule has 0 bridgehead atoms. The number of carbonyl (C=O) groups is 1. The van der Waals surface area contributed by atoms with E-state index in [9.17, 15) is 4.79 Å². The molecule has 0 saturated carbocycles. The lowest BCUT2D eigenvalue weighted by atomic mass is 10.0. The van der Waals surface area contributed by atoms with Gasteiger partial charge in [0.15, 0.2) is 0 Å². The van der Waals surface area contributed by atoms with Gasteiger partial charge in [-0.15, -0.1) is 0 Å². The fourth-order valence-corrected chi connectivity index (χ4v) is 3.24. The average molecular weight is 326 g/mol. The van der Waals surface area contributed by atoms with Crippen molar-refractivity contribution in [2.45, 2.75) is 26.4 Å². The van der Waals surface area contributed by atoms with Gasteiger partial charge >= 0.3 is 0 Å². The first-order chi connectivity index (χ1) is 11.5. The Bertz CT molecular complexity index is 674. The zero-order valence-corrected chi connectivity index (χ0v) is 14.7. The summed E-state index contributed by atoms with van der Waals surface area (Å²) in [6, 6.07) is 8.33. The summed E-state index contributed by atoms with van der Waals surface area (Å²) in [5.41, 5.74) is 1.99. The number of hydrogen-bond donors (Lipinski definition) is 0. The minimum atomic E-state index is 0.129. The van der Waals surface area contributed by atoms with Crippen LogP contribution in [0.5, 0.6) is 0 Å². The maximum atomic E-state index is 12.5. The number of carbonyl (C=O) groups excluding carboxylic acids is 1. The average Bonchev–Trinajstić information content (AvgIpc) is 2.92. The van der Waals surface area contributed by atoms with Gasteiger partial charge in [-0.1, -0.05) is 19.9 Å². The van der Waals surface area contributed by atoms with Gasteiger partial charge in [0.1, 0.15) is 5.69 Å². The van der Waals surface area contributed by atoms with Gasteiger partial charge in [0.25, 0.3) is 5.91 Å². The van der Waals surface area contributed by atoms with Crippen LogP contribution in [0.15, 0.2) is 42.9 Å². The molecule has 3 heterocycles. The second-order valence-corrected chi connectivity index (χ2v) is 7.05. The molecule has 0 spiro atoms. The molecule has 24 heavy (non-hydrogen) atoms. The molecule has 3 rings (SSSR count). The molecule has 2 aromatic heterocycles. The molecule has 1 amide bonds. The topological polar surface area (TPSA) is 41.4 Å². The largest absolute Gasteiger partial charge is 0.347 e. The van der Waals surface area contributed by atoms with E-state index in [2.05, 4.69) is 29.8 Å². The first kappa shape index (κ1) is 16.7. The molecule has 0 aliphatic carbocycles. The highest BCUT2D eigenvalue weighted by Crippen LogP contribution is 2.21. The lowest BCUT2D eigenvalue weighted by Gasteiger charge is -2.46. The van der Waals surface area contributed by atoms with Crippen molar-refractivity contribution in [3.8, 4) is 0 Å². The van der Waals surface area contributed by atoms with Crippen LogP contribution in [0.25, 0.3) is 0 Å². The van der Waals surface area contributed by atoms with E-state index in [1.807, 2.05) is 47.1 Å². The Morgan fingerprint density at radius 3 is 2.71 bits per heavy atom. The van der Waals surface area contributed by atoms with Gasteiger partial charge in [0.05, 0.1) is 0 Å². The summed E-state index contributed by atoms with van der Waals surface area (Å²) < 4.78 is 1.89. The Morgan fingerprint density at radius 1 is 1.33 bits per heavy atom. The highest BCUT2D eigenvalue weighted by Gasteiger charge is 2.35. The van der Waals surface area contributed by atoms with Gasteiger partial charge < -0.3 is 9.47 Å². The van der Waals surface area contributed by atoms with Crippen molar-refractivity contribution in [2.24, 2.45) is 13.0 Å². The minimum Gasteiger partial charge on any atom is -0.347 e. The minimum absolute atomic E-state index is 0.129. The molecule has 0 atom stereocenters. The van der Waals surface area contributed by atoms with Crippen LogP contribution in [-0.2, 0) is 13.6 Å². The van der Waals surface area contributed by atoms with E-state index in [1.165, 1.54) is 5.56 Å². The van der Waals surface area contributed by atoms with Crippen LogP contribution in [0.3, 0.4) is 0 Å². The smallest absolute Gasteiger partial charge is 0.270 e. The highest BCUT2D eigenvalue weighted by atomic mass is 16.2. The summed E-state index contributed by atoms with van der Waals surface area (Å²) in [6.45, 7) is 8.01. The molecular formula is C19H26N4O. The Hall–Kier alpha value is -2.14. The van der Waals surface area contributed by atoms with Crippen LogP contribution < -0.4 is 0 Å². The molecule has 2 aromatic rings. The molecule has 5 heteroatoms. The normalized spacial score (nSPS) is 15.1. The van der Waals surface area contributed by atoms with Crippen LogP contribution >= 0.6 is 0 Å². The van der Waals surface area contributed by atoms with Crippen molar-refractivity contribution >= 4 is 5.91 Å². The van der Waals surface area contributed by atoms with E-state index in [0.29, 0.717) is 12.0 Å². The van der Waals surface area contributed by atoms with Crippen molar-refractivity contribution in [1.82, 2.24) is 19.4 Å². The standard InChI is InChI=1S/C19H26N4O/c1-15(2)11-22(12-16-6-4-8-20-10-16)17-13-23(14-17)19(24)18-7-5-9-21(18)3/h4-10,15,17H,11-14H2,1-3H3. The second-order valence-electron chi connectivity index (χ2n) is 7.05. The summed E-state index contributed by atoms with van der Waals surface area (Å²) in [6.07, 6.45) is 5.65. The summed E-state index contributed by atoms with van der Waals surface area (Å²) in [4.78, 5) is 21.2. The maximum absolute atomic E-state index is 12.5. The summed E-state index contributed by atoms with van der Waals surface area (Å²) >= 11 is 0. The van der Waals surface area contributed by atoms with E-state index in [4.69, 9.17) is 0 Å². The predicted molar refractivity (Wildman–Crippen MR) is 94.6 cm³/mol. The van der Waals surface area contributed by atoms with Gasteiger partial charge in [-0.3, -0.25) is 14.7 Å². The van der Waals surface area contributed by atoms with E-state index < -0.39 is 0 Å². The van der Waals surface area contributed by atoms with Crippen LogP contribution in [0.1, 0.15) is 29.9 Å². The molecule has 1 fully saturated rings. The molecule has 0 aromatic carbocycles. The molecule has 1 saturated heterocycles. The number of hydrogen-bond acceptors (Lipinski definition) is 3. The fraction of sp³-hybridized carbons (Fsp3) is 0.474. The first-order valence-electron chi connectivity index (χ1n) is 8.58. The van der Waals surface area contributed by atoms with Crippen LogP contribution in [0.4, 0.5) is 0 Å². The van der Waals surface area contributed by atoms with Crippen molar-refractivity contribution in [3.05, 3.63) is 54.1 Å². The molecule has 128 valence electrons. The SMILES string of the molecule is CC(C)CN(Cc1cccnc1)C1CN(C(=O)c2cccn2C)C1. The zero-order valence-electron chi connectivity index (χ0n) is 14.7. The van der Waals surface area contributed by atoms with E-state index in [0.717, 1.165) is 31.9 Å². The van der Waals surface area contributed by atoms with E-state index in [-0.39, 0.29) is 5.91 Å². The first-order valence-corrected chi connectivity index (χ1v) is 8.58. The third-order valence-corrected chi connectivity index (χ3v) is 4.54. The van der Waals surface area contributed by atoms with E-state index in [1.54, 1.807) is 6.20 Å². The molecule has 1 aliphatic heterocycles. The molecule has 0 unspecified atom stereocenters. The Labute approximate surface area is 143 Å². The number of likely N-dealkylation sites (tertiary alicyclic amines) is 1. The molecular weight excluding hydrogens is 300 g/mol. The van der Waals surface area contributed by atoms with E-state index >= 15 is 0 Å². The monoisotopic (exact) mass is 326 g/mol. The number of nitrogens with zero attached hydrogens (tertiary/aromatic N) is 4. The van der Waals surface area contributed by atoms with Crippen molar-refractivity contribution in [3.63, 3.8) is 0 Å². The summed E-state index contributed by atoms with van der Waals surface area (Å²) in [7, 11) is 1.91. The summed E-state index contributed by atoms with van der Waals surface area (Å²) in [5.74, 6) is 0.726. The molecule has 1 aliphatic rings. The Morgan fingerprint density at radius 2 is 2.12 bits per heavy atom. The molecule has 5 nitrogen and oxygen atoms in total. The van der Waals surface area contributed by atoms with Crippen molar-refractivity contribution < 1.29 is 4.79 Å². The number of pyridine rings is 1. The van der Waals surface area contributed by atoms with Gasteiger partial charge in [0, 0.05) is 57.9 Å². The maximum Gasteiger partial charge on any atom is 0.270 e. The van der Waals surface area contributed by atoms with Crippen molar-refractivity contribution in [2.75, 3.05) is 19.6 Å². The lowest BCUT2D eigenvalue weighted by Crippen LogP contribution is -2.61. The number of rotatable bonds is 6. The number of aromatic nitrogens is 2. The quantitative estimate of drug-likeness (QED) is 0.818. The van der Waals surface area contributed by atoms with Crippen molar-refractivity contribution in [1.29, 1.82) is 0 Å². The van der Waals surface area contributed by atoms with Gasteiger partial charge in [-0.2, -0.15) is 0 Å². The summed E-state index contributed by atoms with van der Waals surface area (Å²) in [5, 5.41) is 0. The molecule has 0 N–H and O–H groups in total. The highest BCUT2D eigenvalue weighted by molar-refractivity contribution is 5.93. The lowest BCUT2D eigenvalue weighted by molar-refractivity contribution is 0.0190. The van der Waals surface area contributed by atoms with Crippen LogP contribution in [-0.4, -0.2) is 50.9 Å². The third-order valence-electron chi connectivity index (χ3n) is 4.54. The molecule has 0 radical (unpaired) electrons. The Balaban J connectivity index is 1.62. The number of aryl methyl sites for hydroxylation is 1. The number of amides is 1.